The lowest BCUT2D eigenvalue weighted by Crippen LogP contribution is -2.51. The Kier molecular flexibility index (Phi) is 6.78. The van der Waals surface area contributed by atoms with Gasteiger partial charge in [0.1, 0.15) is 0 Å². The van der Waals surface area contributed by atoms with Gasteiger partial charge in [-0.2, -0.15) is 0 Å². The first kappa shape index (κ1) is 16.9. The van der Waals surface area contributed by atoms with Crippen LogP contribution in [-0.4, -0.2) is 63.7 Å². The first-order chi connectivity index (χ1) is 8.86. The predicted molar refractivity (Wildman–Crippen MR) is 84.6 cm³/mol. The van der Waals surface area contributed by atoms with E-state index < -0.39 is 0 Å². The van der Waals surface area contributed by atoms with Crippen LogP contribution < -0.4 is 5.32 Å². The number of nitrogens with zero attached hydrogens (tertiary/aromatic N) is 2. The molecule has 19 heavy (non-hydrogen) atoms. The third kappa shape index (κ3) is 5.41. The van der Waals surface area contributed by atoms with E-state index in [1.54, 1.807) is 0 Å². The molecule has 0 amide bonds. The summed E-state index contributed by atoms with van der Waals surface area (Å²) in [6.07, 6.45) is 5.40. The fourth-order valence-electron chi connectivity index (χ4n) is 3.75. The lowest BCUT2D eigenvalue weighted by atomic mass is 9.68. The Labute approximate surface area is 120 Å². The van der Waals surface area contributed by atoms with Crippen molar-refractivity contribution in [3.63, 3.8) is 0 Å². The highest BCUT2D eigenvalue weighted by molar-refractivity contribution is 4.93. The van der Waals surface area contributed by atoms with Crippen molar-refractivity contribution in [3.8, 4) is 0 Å². The van der Waals surface area contributed by atoms with Crippen molar-refractivity contribution >= 4 is 0 Å². The van der Waals surface area contributed by atoms with E-state index in [0.29, 0.717) is 11.5 Å². The Morgan fingerprint density at radius 1 is 1.16 bits per heavy atom. The second-order valence-electron chi connectivity index (χ2n) is 7.33. The maximum absolute atomic E-state index is 3.59. The molecule has 1 aliphatic rings. The fraction of sp³-hybridized carbons (Fsp3) is 1.00. The van der Waals surface area contributed by atoms with E-state index in [-0.39, 0.29) is 0 Å². The zero-order chi connectivity index (χ0) is 14.5. The molecule has 0 aliphatic heterocycles. The van der Waals surface area contributed by atoms with Gasteiger partial charge < -0.3 is 15.1 Å². The molecule has 1 fully saturated rings. The Morgan fingerprint density at radius 3 is 2.42 bits per heavy atom. The van der Waals surface area contributed by atoms with E-state index in [1.165, 1.54) is 45.3 Å². The summed E-state index contributed by atoms with van der Waals surface area (Å²) < 4.78 is 0. The highest BCUT2D eigenvalue weighted by Crippen LogP contribution is 2.39. The molecule has 0 aromatic rings. The van der Waals surface area contributed by atoms with Crippen molar-refractivity contribution in [2.24, 2.45) is 11.3 Å². The molecule has 1 saturated carbocycles. The average Bonchev–Trinajstić information content (AvgIpc) is 2.27. The van der Waals surface area contributed by atoms with E-state index in [1.807, 2.05) is 0 Å². The van der Waals surface area contributed by atoms with Gasteiger partial charge in [0.2, 0.25) is 0 Å². The minimum Gasteiger partial charge on any atom is -0.316 e. The molecule has 2 unspecified atom stereocenters. The second-order valence-corrected chi connectivity index (χ2v) is 7.33. The van der Waals surface area contributed by atoms with Crippen LogP contribution in [0.3, 0.4) is 0 Å². The molecular formula is C16H35N3. The van der Waals surface area contributed by atoms with Crippen LogP contribution in [0.15, 0.2) is 0 Å². The van der Waals surface area contributed by atoms with Gasteiger partial charge in [0, 0.05) is 12.6 Å². The topological polar surface area (TPSA) is 18.5 Å². The van der Waals surface area contributed by atoms with E-state index in [4.69, 9.17) is 0 Å². The van der Waals surface area contributed by atoms with Gasteiger partial charge in [0.25, 0.3) is 0 Å². The van der Waals surface area contributed by atoms with Crippen LogP contribution >= 0.6 is 0 Å². The van der Waals surface area contributed by atoms with Gasteiger partial charge in [0.05, 0.1) is 0 Å². The quantitative estimate of drug-likeness (QED) is 0.765. The summed E-state index contributed by atoms with van der Waals surface area (Å²) in [6.45, 7) is 8.49. The monoisotopic (exact) mass is 269 g/mol. The normalized spacial score (nSPS) is 27.2. The van der Waals surface area contributed by atoms with Crippen molar-refractivity contribution in [1.29, 1.82) is 0 Å². The van der Waals surface area contributed by atoms with Crippen LogP contribution in [0, 0.1) is 11.3 Å². The van der Waals surface area contributed by atoms with E-state index in [0.717, 1.165) is 5.92 Å². The SMILES string of the molecule is CNC1C(CN(C)CCCN(C)C)CCCC1(C)C. The lowest BCUT2D eigenvalue weighted by molar-refractivity contribution is 0.0897. The highest BCUT2D eigenvalue weighted by atomic mass is 15.1. The van der Waals surface area contributed by atoms with Crippen LogP contribution in [0.4, 0.5) is 0 Å². The van der Waals surface area contributed by atoms with Crippen molar-refractivity contribution in [1.82, 2.24) is 15.1 Å². The van der Waals surface area contributed by atoms with Gasteiger partial charge in [-0.1, -0.05) is 20.3 Å². The first-order valence-corrected chi connectivity index (χ1v) is 7.87. The summed E-state index contributed by atoms with van der Waals surface area (Å²) in [6, 6.07) is 0.664. The fourth-order valence-corrected chi connectivity index (χ4v) is 3.75. The summed E-state index contributed by atoms with van der Waals surface area (Å²) in [5.41, 5.74) is 0.447. The molecule has 2 atom stereocenters. The number of nitrogens with one attached hydrogen (secondary N) is 1. The molecule has 3 nitrogen and oxygen atoms in total. The number of hydrogen-bond donors (Lipinski definition) is 1. The highest BCUT2D eigenvalue weighted by Gasteiger charge is 2.38. The van der Waals surface area contributed by atoms with Crippen molar-refractivity contribution < 1.29 is 0 Å². The molecule has 114 valence electrons. The van der Waals surface area contributed by atoms with Gasteiger partial charge in [-0.25, -0.2) is 0 Å². The third-order valence-corrected chi connectivity index (χ3v) is 4.71. The van der Waals surface area contributed by atoms with Crippen LogP contribution in [0.5, 0.6) is 0 Å². The van der Waals surface area contributed by atoms with Crippen molar-refractivity contribution in [2.45, 2.75) is 45.6 Å². The van der Waals surface area contributed by atoms with Gasteiger partial charge in [-0.05, 0) is 71.9 Å². The largest absolute Gasteiger partial charge is 0.316 e. The Hall–Kier alpha value is -0.120. The summed E-state index contributed by atoms with van der Waals surface area (Å²) in [4.78, 5) is 4.80. The molecule has 0 aromatic carbocycles. The summed E-state index contributed by atoms with van der Waals surface area (Å²) in [5, 5.41) is 3.59. The van der Waals surface area contributed by atoms with Crippen molar-refractivity contribution in [2.75, 3.05) is 47.8 Å². The molecule has 1 aliphatic carbocycles. The summed E-state index contributed by atoms with van der Waals surface area (Å²) >= 11 is 0. The predicted octanol–water partition coefficient (Wildman–Crippen LogP) is 2.28. The third-order valence-electron chi connectivity index (χ3n) is 4.71. The second kappa shape index (κ2) is 7.61. The van der Waals surface area contributed by atoms with Crippen LogP contribution in [0.2, 0.25) is 0 Å². The Morgan fingerprint density at radius 2 is 1.84 bits per heavy atom. The molecule has 0 spiro atoms. The van der Waals surface area contributed by atoms with Crippen LogP contribution in [-0.2, 0) is 0 Å². The Balaban J connectivity index is 2.41. The van der Waals surface area contributed by atoms with E-state index in [2.05, 4.69) is 57.2 Å². The number of rotatable bonds is 7. The average molecular weight is 269 g/mol. The molecule has 0 saturated heterocycles. The molecule has 1 rings (SSSR count). The summed E-state index contributed by atoms with van der Waals surface area (Å²) in [5.74, 6) is 0.804. The van der Waals surface area contributed by atoms with Gasteiger partial charge in [-0.3, -0.25) is 0 Å². The van der Waals surface area contributed by atoms with E-state index >= 15 is 0 Å². The molecule has 0 heterocycles. The smallest absolute Gasteiger partial charge is 0.0156 e. The number of hydrogen-bond acceptors (Lipinski definition) is 3. The standard InChI is InChI=1S/C16H35N3/c1-16(2)10-7-9-14(15(16)17-3)13-19(6)12-8-11-18(4)5/h14-15,17H,7-13H2,1-6H3. The van der Waals surface area contributed by atoms with Crippen molar-refractivity contribution in [3.05, 3.63) is 0 Å². The van der Waals surface area contributed by atoms with Gasteiger partial charge in [0.15, 0.2) is 0 Å². The maximum Gasteiger partial charge on any atom is 0.0156 e. The van der Waals surface area contributed by atoms with E-state index in [9.17, 15) is 0 Å². The maximum atomic E-state index is 3.59. The minimum atomic E-state index is 0.447. The zero-order valence-corrected chi connectivity index (χ0v) is 14.0. The van der Waals surface area contributed by atoms with Crippen LogP contribution in [0.1, 0.15) is 39.5 Å². The summed E-state index contributed by atoms with van der Waals surface area (Å²) in [7, 11) is 8.72. The molecular weight excluding hydrogens is 234 g/mol. The minimum absolute atomic E-state index is 0.447. The molecule has 3 heteroatoms. The molecule has 0 bridgehead atoms. The molecule has 1 N–H and O–H groups in total. The molecule has 0 aromatic heterocycles. The first-order valence-electron chi connectivity index (χ1n) is 7.87. The van der Waals surface area contributed by atoms with Gasteiger partial charge >= 0.3 is 0 Å². The molecule has 0 radical (unpaired) electrons. The van der Waals surface area contributed by atoms with Crippen LogP contribution in [0.25, 0.3) is 0 Å². The Bertz CT molecular complexity index is 250. The lowest BCUT2D eigenvalue weighted by Gasteiger charge is -2.45. The van der Waals surface area contributed by atoms with Gasteiger partial charge in [-0.15, -0.1) is 0 Å². The zero-order valence-electron chi connectivity index (χ0n) is 14.0.